The molecule has 2 N–H and O–H groups in total. The average molecular weight is 362 g/mol. The van der Waals surface area contributed by atoms with E-state index >= 15 is 0 Å². The van der Waals surface area contributed by atoms with Crippen molar-refractivity contribution in [3.8, 4) is 0 Å². The summed E-state index contributed by atoms with van der Waals surface area (Å²) in [6.45, 7) is 3.60. The lowest BCUT2D eigenvalue weighted by Crippen LogP contribution is -2.40. The lowest BCUT2D eigenvalue weighted by Gasteiger charge is -2.33. The van der Waals surface area contributed by atoms with Crippen LogP contribution in [0.25, 0.3) is 10.9 Å². The molecule has 5 rings (SSSR count). The third-order valence-corrected chi connectivity index (χ3v) is 5.58. The molecule has 0 aliphatic carbocycles. The second-order valence-electron chi connectivity index (χ2n) is 7.24. The summed E-state index contributed by atoms with van der Waals surface area (Å²) in [5.74, 6) is 0.758. The van der Waals surface area contributed by atoms with E-state index in [2.05, 4.69) is 26.4 Å². The van der Waals surface area contributed by atoms with Crippen LogP contribution in [0, 0.1) is 0 Å². The van der Waals surface area contributed by atoms with Crippen LogP contribution >= 0.6 is 0 Å². The molecule has 0 bridgehead atoms. The first-order valence-electron chi connectivity index (χ1n) is 9.46. The smallest absolute Gasteiger partial charge is 0.254 e. The van der Waals surface area contributed by atoms with Gasteiger partial charge in [-0.2, -0.15) is 10.1 Å². The zero-order valence-electron chi connectivity index (χ0n) is 15.3. The summed E-state index contributed by atoms with van der Waals surface area (Å²) in [7, 11) is 0. The molecule has 2 aliphatic rings. The monoisotopic (exact) mass is 362 g/mol. The Labute approximate surface area is 157 Å². The lowest BCUT2D eigenvalue weighted by atomic mass is 9.93. The van der Waals surface area contributed by atoms with Crippen molar-refractivity contribution in [3.63, 3.8) is 0 Å². The van der Waals surface area contributed by atoms with Crippen molar-refractivity contribution in [1.29, 1.82) is 0 Å². The van der Waals surface area contributed by atoms with Gasteiger partial charge in [0.15, 0.2) is 0 Å². The summed E-state index contributed by atoms with van der Waals surface area (Å²) in [6.07, 6.45) is 6.85. The number of rotatable bonds is 2. The fourth-order valence-electron chi connectivity index (χ4n) is 4.24. The van der Waals surface area contributed by atoms with Crippen LogP contribution in [-0.4, -0.2) is 43.6 Å². The maximum absolute atomic E-state index is 13.5. The molecule has 0 saturated carbocycles. The van der Waals surface area contributed by atoms with E-state index in [4.69, 9.17) is 0 Å². The first-order chi connectivity index (χ1) is 13.2. The number of amides is 1. The molecule has 0 unspecified atom stereocenters. The molecule has 2 aromatic heterocycles. The van der Waals surface area contributed by atoms with Crippen LogP contribution in [0.15, 0.2) is 48.1 Å². The number of fused-ring (bicyclic) bond motifs is 2. The van der Waals surface area contributed by atoms with Gasteiger partial charge in [-0.05, 0) is 32.3 Å². The highest BCUT2D eigenvalue weighted by atomic mass is 16.2. The molecule has 0 spiro atoms. The number of anilines is 1. The normalized spacial score (nSPS) is 19.9. The predicted octanol–water partition coefficient (Wildman–Crippen LogP) is 3.06. The SMILES string of the molecule is CC1=C(C(=O)N2CCCCC2)[C@H](c2c[nH]c3ccccc23)n2ncnc2N1. The Morgan fingerprint density at radius 3 is 2.85 bits per heavy atom. The number of nitrogens with one attached hydrogen (secondary N) is 2. The third kappa shape index (κ3) is 2.53. The minimum absolute atomic E-state index is 0.0936. The Morgan fingerprint density at radius 1 is 1.19 bits per heavy atom. The number of para-hydroxylation sites is 1. The zero-order valence-corrected chi connectivity index (χ0v) is 15.3. The summed E-state index contributed by atoms with van der Waals surface area (Å²) in [5, 5.41) is 8.80. The van der Waals surface area contributed by atoms with Gasteiger partial charge in [0, 0.05) is 41.4 Å². The van der Waals surface area contributed by atoms with E-state index in [1.165, 1.54) is 12.7 Å². The number of hydrogen-bond donors (Lipinski definition) is 2. The number of carbonyl (C=O) groups excluding carboxylic acids is 1. The molecule has 138 valence electrons. The van der Waals surface area contributed by atoms with Gasteiger partial charge < -0.3 is 15.2 Å². The number of aromatic amines is 1. The standard InChI is InChI=1S/C20H22N6O/c1-13-17(19(27)25-9-5-2-6-10-25)18(26-20(24-13)22-12-23-26)15-11-21-16-8-4-3-7-14(15)16/h3-4,7-8,11-12,18,21H,2,5-6,9-10H2,1H3,(H,22,23,24)/t18-/m0/s1. The van der Waals surface area contributed by atoms with E-state index in [9.17, 15) is 4.79 Å². The molecule has 7 heteroatoms. The summed E-state index contributed by atoms with van der Waals surface area (Å²) in [5.41, 5.74) is 3.69. The summed E-state index contributed by atoms with van der Waals surface area (Å²) in [6, 6.07) is 7.86. The Morgan fingerprint density at radius 2 is 2.00 bits per heavy atom. The molecule has 27 heavy (non-hydrogen) atoms. The van der Waals surface area contributed by atoms with E-state index in [1.54, 1.807) is 0 Å². The molecular formula is C20H22N6O. The molecule has 0 radical (unpaired) electrons. The summed E-state index contributed by atoms with van der Waals surface area (Å²) >= 11 is 0. The van der Waals surface area contributed by atoms with Crippen LogP contribution in [-0.2, 0) is 4.79 Å². The fraction of sp³-hybridized carbons (Fsp3) is 0.350. The number of hydrogen-bond acceptors (Lipinski definition) is 4. The Balaban J connectivity index is 1.66. The maximum atomic E-state index is 13.5. The molecule has 4 heterocycles. The second-order valence-corrected chi connectivity index (χ2v) is 7.24. The van der Waals surface area contributed by atoms with Crippen LogP contribution in [0.5, 0.6) is 0 Å². The highest BCUT2D eigenvalue weighted by Gasteiger charge is 2.36. The van der Waals surface area contributed by atoms with Gasteiger partial charge in [0.2, 0.25) is 5.95 Å². The van der Waals surface area contributed by atoms with Crippen LogP contribution < -0.4 is 5.32 Å². The molecule has 1 saturated heterocycles. The van der Waals surface area contributed by atoms with Gasteiger partial charge >= 0.3 is 0 Å². The van der Waals surface area contributed by atoms with E-state index in [1.807, 2.05) is 40.9 Å². The lowest BCUT2D eigenvalue weighted by molar-refractivity contribution is -0.128. The topological polar surface area (TPSA) is 78.8 Å². The van der Waals surface area contributed by atoms with E-state index in [0.29, 0.717) is 5.95 Å². The minimum atomic E-state index is -0.297. The molecule has 1 atom stereocenters. The van der Waals surface area contributed by atoms with Gasteiger partial charge in [-0.1, -0.05) is 18.2 Å². The largest absolute Gasteiger partial charge is 0.361 e. The van der Waals surface area contributed by atoms with Gasteiger partial charge in [-0.3, -0.25) is 4.79 Å². The number of carbonyl (C=O) groups is 1. The van der Waals surface area contributed by atoms with E-state index < -0.39 is 0 Å². The molecule has 1 amide bonds. The van der Waals surface area contributed by atoms with Crippen LogP contribution in [0.4, 0.5) is 5.95 Å². The molecule has 1 fully saturated rings. The maximum Gasteiger partial charge on any atom is 0.254 e. The van der Waals surface area contributed by atoms with Crippen LogP contribution in [0.3, 0.4) is 0 Å². The average Bonchev–Trinajstić information content (AvgIpc) is 3.34. The van der Waals surface area contributed by atoms with Crippen molar-refractivity contribution in [2.24, 2.45) is 0 Å². The Kier molecular flexibility index (Phi) is 3.74. The van der Waals surface area contributed by atoms with Gasteiger partial charge in [0.05, 0.1) is 5.57 Å². The van der Waals surface area contributed by atoms with Crippen molar-refractivity contribution in [1.82, 2.24) is 24.6 Å². The highest BCUT2D eigenvalue weighted by molar-refractivity contribution is 5.98. The van der Waals surface area contributed by atoms with Crippen molar-refractivity contribution in [2.75, 3.05) is 18.4 Å². The summed E-state index contributed by atoms with van der Waals surface area (Å²) < 4.78 is 1.82. The minimum Gasteiger partial charge on any atom is -0.361 e. The van der Waals surface area contributed by atoms with Crippen molar-refractivity contribution >= 4 is 22.8 Å². The number of H-pyrrole nitrogens is 1. The molecule has 2 aliphatic heterocycles. The first kappa shape index (κ1) is 16.1. The van der Waals surface area contributed by atoms with Crippen LogP contribution in [0.1, 0.15) is 37.8 Å². The number of likely N-dealkylation sites (tertiary alicyclic amines) is 1. The number of nitrogens with zero attached hydrogens (tertiary/aromatic N) is 4. The quantitative estimate of drug-likeness (QED) is 0.734. The Hall–Kier alpha value is -3.09. The molecular weight excluding hydrogens is 340 g/mol. The second kappa shape index (κ2) is 6.26. The Bertz CT molecular complexity index is 1040. The third-order valence-electron chi connectivity index (χ3n) is 5.58. The molecule has 7 nitrogen and oxygen atoms in total. The summed E-state index contributed by atoms with van der Waals surface area (Å²) in [4.78, 5) is 23.1. The van der Waals surface area contributed by atoms with E-state index in [-0.39, 0.29) is 11.9 Å². The van der Waals surface area contributed by atoms with Crippen molar-refractivity contribution in [2.45, 2.75) is 32.2 Å². The fourth-order valence-corrected chi connectivity index (χ4v) is 4.24. The van der Waals surface area contributed by atoms with Crippen molar-refractivity contribution in [3.05, 3.63) is 53.6 Å². The van der Waals surface area contributed by atoms with E-state index in [0.717, 1.165) is 53.7 Å². The zero-order chi connectivity index (χ0) is 18.4. The van der Waals surface area contributed by atoms with Gasteiger partial charge in [0.25, 0.3) is 5.91 Å². The number of allylic oxidation sites excluding steroid dienone is 1. The highest BCUT2D eigenvalue weighted by Crippen LogP contribution is 2.38. The number of aromatic nitrogens is 4. The molecule has 3 aromatic rings. The predicted molar refractivity (Wildman–Crippen MR) is 103 cm³/mol. The number of piperidine rings is 1. The molecule has 1 aromatic carbocycles. The van der Waals surface area contributed by atoms with Crippen molar-refractivity contribution < 1.29 is 4.79 Å². The van der Waals surface area contributed by atoms with Gasteiger partial charge in [-0.25, -0.2) is 4.68 Å². The first-order valence-corrected chi connectivity index (χ1v) is 9.46. The number of benzene rings is 1. The van der Waals surface area contributed by atoms with Gasteiger partial charge in [-0.15, -0.1) is 0 Å². The van der Waals surface area contributed by atoms with Gasteiger partial charge in [0.1, 0.15) is 12.4 Å². The van der Waals surface area contributed by atoms with Crippen LogP contribution in [0.2, 0.25) is 0 Å².